The minimum Gasteiger partial charge on any atom is -0.492 e. The smallest absolute Gasteiger partial charge is 0.234 e. The van der Waals surface area contributed by atoms with Gasteiger partial charge in [0.2, 0.25) is 11.9 Å². The second-order valence-electron chi connectivity index (χ2n) is 7.82. The second kappa shape index (κ2) is 9.07. The number of nitrogens with zero attached hydrogens (tertiary/aromatic N) is 4. The molecule has 1 saturated carbocycles. The van der Waals surface area contributed by atoms with Crippen LogP contribution in [0.2, 0.25) is 0 Å². The second-order valence-corrected chi connectivity index (χ2v) is 8.76. The van der Waals surface area contributed by atoms with Crippen LogP contribution in [0, 0.1) is 5.92 Å². The van der Waals surface area contributed by atoms with Gasteiger partial charge in [-0.25, -0.2) is 0 Å². The van der Waals surface area contributed by atoms with Crippen LogP contribution in [0.1, 0.15) is 45.6 Å². The summed E-state index contributed by atoms with van der Waals surface area (Å²) in [5.41, 5.74) is 0.701. The van der Waals surface area contributed by atoms with Crippen LogP contribution in [-0.4, -0.2) is 46.1 Å². The fraction of sp³-hybridized carbons (Fsp3) is 0.571. The third kappa shape index (κ3) is 4.86. The minimum absolute atomic E-state index is 0.0687. The molecule has 2 fully saturated rings. The molecule has 0 unspecified atom stereocenters. The predicted octanol–water partition coefficient (Wildman–Crippen LogP) is 3.98. The average Bonchev–Trinajstić information content (AvgIpc) is 3.48. The standard InChI is InChI=1S/C21H29N5O2S/c1-3-28-18-7-5-4-6-17(18)22-19(27)14-29-21-24-23-20(26(21)16-8-9-16)25-12-10-15(2)11-13-25/h4-7,15-16H,3,8-14H2,1-2H3,(H,22,27). The average molecular weight is 416 g/mol. The number of ether oxygens (including phenoxy) is 1. The number of carbonyl (C=O) groups is 1. The Bertz CT molecular complexity index is 843. The molecular formula is C21H29N5O2S. The molecule has 4 rings (SSSR count). The third-order valence-corrected chi connectivity index (χ3v) is 6.36. The lowest BCUT2D eigenvalue weighted by atomic mass is 10.00. The maximum absolute atomic E-state index is 12.5. The zero-order chi connectivity index (χ0) is 20.2. The number of hydrogen-bond donors (Lipinski definition) is 1. The monoisotopic (exact) mass is 415 g/mol. The molecular weight excluding hydrogens is 386 g/mol. The van der Waals surface area contributed by atoms with Gasteiger partial charge in [0.05, 0.1) is 18.0 Å². The molecule has 1 aromatic heterocycles. The van der Waals surface area contributed by atoms with Crippen molar-refractivity contribution in [3.05, 3.63) is 24.3 Å². The number of nitrogens with one attached hydrogen (secondary N) is 1. The number of anilines is 2. The van der Waals surface area contributed by atoms with Crippen molar-refractivity contribution in [2.24, 2.45) is 5.92 Å². The maximum Gasteiger partial charge on any atom is 0.234 e. The molecule has 29 heavy (non-hydrogen) atoms. The van der Waals surface area contributed by atoms with Crippen molar-refractivity contribution in [1.82, 2.24) is 14.8 Å². The van der Waals surface area contributed by atoms with Crippen LogP contribution in [0.15, 0.2) is 29.4 Å². The first-order chi connectivity index (χ1) is 14.2. The molecule has 2 heterocycles. The van der Waals surface area contributed by atoms with E-state index in [1.165, 1.54) is 24.6 Å². The first-order valence-electron chi connectivity index (χ1n) is 10.5. The molecule has 2 aromatic rings. The van der Waals surface area contributed by atoms with E-state index >= 15 is 0 Å². The van der Waals surface area contributed by atoms with E-state index in [1.54, 1.807) is 0 Å². The minimum atomic E-state index is -0.0687. The molecule has 0 atom stereocenters. The molecule has 1 amide bonds. The Labute approximate surface area is 176 Å². The Hall–Kier alpha value is -2.22. The molecule has 1 aliphatic heterocycles. The summed E-state index contributed by atoms with van der Waals surface area (Å²) in [6.07, 6.45) is 4.72. The summed E-state index contributed by atoms with van der Waals surface area (Å²) in [7, 11) is 0. The quantitative estimate of drug-likeness (QED) is 0.658. The molecule has 1 saturated heterocycles. The maximum atomic E-state index is 12.5. The third-order valence-electron chi connectivity index (χ3n) is 5.42. The molecule has 156 valence electrons. The molecule has 2 aliphatic rings. The van der Waals surface area contributed by atoms with Gasteiger partial charge in [0.1, 0.15) is 5.75 Å². The van der Waals surface area contributed by atoms with Crippen molar-refractivity contribution < 1.29 is 9.53 Å². The summed E-state index contributed by atoms with van der Waals surface area (Å²) in [6.45, 7) is 6.87. The van der Waals surface area contributed by atoms with Gasteiger partial charge in [-0.2, -0.15) is 0 Å². The number of carbonyl (C=O) groups excluding carboxylic acids is 1. The summed E-state index contributed by atoms with van der Waals surface area (Å²) in [4.78, 5) is 14.9. The van der Waals surface area contributed by atoms with Gasteiger partial charge < -0.3 is 15.0 Å². The number of benzene rings is 1. The van der Waals surface area contributed by atoms with E-state index in [0.717, 1.165) is 43.0 Å². The van der Waals surface area contributed by atoms with E-state index in [-0.39, 0.29) is 5.91 Å². The largest absolute Gasteiger partial charge is 0.492 e. The van der Waals surface area contributed by atoms with Crippen LogP contribution >= 0.6 is 11.8 Å². The van der Waals surface area contributed by atoms with E-state index < -0.39 is 0 Å². The van der Waals surface area contributed by atoms with Crippen LogP contribution < -0.4 is 15.0 Å². The number of amides is 1. The van der Waals surface area contributed by atoms with Gasteiger partial charge in [-0.3, -0.25) is 9.36 Å². The molecule has 1 aromatic carbocycles. The topological polar surface area (TPSA) is 72.3 Å². The molecule has 8 heteroatoms. The molecule has 1 aliphatic carbocycles. The number of aromatic nitrogens is 3. The van der Waals surface area contributed by atoms with Crippen molar-refractivity contribution in [3.63, 3.8) is 0 Å². The fourth-order valence-corrected chi connectivity index (χ4v) is 4.41. The first kappa shape index (κ1) is 20.1. The Balaban J connectivity index is 1.40. The van der Waals surface area contributed by atoms with Crippen molar-refractivity contribution in [1.29, 1.82) is 0 Å². The SMILES string of the molecule is CCOc1ccccc1NC(=O)CSc1nnc(N2CCC(C)CC2)n1C1CC1. The van der Waals surface area contributed by atoms with Gasteiger partial charge in [0.15, 0.2) is 5.16 Å². The Morgan fingerprint density at radius 2 is 1.97 bits per heavy atom. The lowest BCUT2D eigenvalue weighted by molar-refractivity contribution is -0.113. The van der Waals surface area contributed by atoms with Gasteiger partial charge in [-0.15, -0.1) is 10.2 Å². The van der Waals surface area contributed by atoms with E-state index in [4.69, 9.17) is 4.74 Å². The van der Waals surface area contributed by atoms with E-state index in [9.17, 15) is 4.79 Å². The van der Waals surface area contributed by atoms with E-state index in [2.05, 4.69) is 31.9 Å². The number of para-hydroxylation sites is 2. The van der Waals surface area contributed by atoms with Crippen LogP contribution in [0.4, 0.5) is 11.6 Å². The molecule has 0 spiro atoms. The van der Waals surface area contributed by atoms with Gasteiger partial charge in [-0.1, -0.05) is 30.8 Å². The van der Waals surface area contributed by atoms with Gasteiger partial charge >= 0.3 is 0 Å². The lowest BCUT2D eigenvalue weighted by Crippen LogP contribution is -2.34. The fourth-order valence-electron chi connectivity index (χ4n) is 3.61. The van der Waals surface area contributed by atoms with Crippen molar-refractivity contribution in [2.75, 3.05) is 35.7 Å². The van der Waals surface area contributed by atoms with Crippen LogP contribution in [0.25, 0.3) is 0 Å². The van der Waals surface area contributed by atoms with Crippen molar-refractivity contribution in [2.45, 2.75) is 50.7 Å². The highest BCUT2D eigenvalue weighted by Gasteiger charge is 2.32. The Morgan fingerprint density at radius 3 is 2.69 bits per heavy atom. The van der Waals surface area contributed by atoms with Gasteiger partial charge in [0, 0.05) is 19.1 Å². The number of piperidine rings is 1. The molecule has 7 nitrogen and oxygen atoms in total. The van der Waals surface area contributed by atoms with Crippen LogP contribution in [-0.2, 0) is 4.79 Å². The first-order valence-corrected chi connectivity index (χ1v) is 11.5. The lowest BCUT2D eigenvalue weighted by Gasteiger charge is -2.31. The summed E-state index contributed by atoms with van der Waals surface area (Å²) in [5, 5.41) is 12.7. The zero-order valence-electron chi connectivity index (χ0n) is 17.1. The van der Waals surface area contributed by atoms with Crippen LogP contribution in [0.5, 0.6) is 5.75 Å². The molecule has 0 bridgehead atoms. The summed E-state index contributed by atoms with van der Waals surface area (Å²) >= 11 is 1.46. The Morgan fingerprint density at radius 1 is 1.21 bits per heavy atom. The number of rotatable bonds is 8. The Kier molecular flexibility index (Phi) is 6.28. The summed E-state index contributed by atoms with van der Waals surface area (Å²) in [6, 6.07) is 7.98. The van der Waals surface area contributed by atoms with Gasteiger partial charge in [-0.05, 0) is 50.7 Å². The van der Waals surface area contributed by atoms with Gasteiger partial charge in [0.25, 0.3) is 0 Å². The number of hydrogen-bond acceptors (Lipinski definition) is 6. The van der Waals surface area contributed by atoms with E-state index in [0.29, 0.717) is 29.8 Å². The van der Waals surface area contributed by atoms with E-state index in [1.807, 2.05) is 31.2 Å². The normalized spacial score (nSPS) is 17.4. The number of thioether (sulfide) groups is 1. The highest BCUT2D eigenvalue weighted by molar-refractivity contribution is 7.99. The molecule has 0 radical (unpaired) electrons. The predicted molar refractivity (Wildman–Crippen MR) is 116 cm³/mol. The van der Waals surface area contributed by atoms with Crippen molar-refractivity contribution >= 4 is 29.3 Å². The van der Waals surface area contributed by atoms with Crippen LogP contribution in [0.3, 0.4) is 0 Å². The summed E-state index contributed by atoms with van der Waals surface area (Å²) in [5.74, 6) is 2.67. The highest BCUT2D eigenvalue weighted by atomic mass is 32.2. The van der Waals surface area contributed by atoms with Crippen molar-refractivity contribution in [3.8, 4) is 5.75 Å². The molecule has 1 N–H and O–H groups in total. The highest BCUT2D eigenvalue weighted by Crippen LogP contribution is 2.41. The summed E-state index contributed by atoms with van der Waals surface area (Å²) < 4.78 is 7.84. The zero-order valence-corrected chi connectivity index (χ0v) is 18.0.